The Hall–Kier alpha value is -4.17. The highest BCUT2D eigenvalue weighted by atomic mass is 32.1. The van der Waals surface area contributed by atoms with E-state index in [0.717, 1.165) is 27.7 Å². The molecule has 178 valence electrons. The fourth-order valence-corrected chi connectivity index (χ4v) is 3.73. The summed E-state index contributed by atoms with van der Waals surface area (Å²) in [6.45, 7) is 2.01. The summed E-state index contributed by atoms with van der Waals surface area (Å²) in [7, 11) is 3.17. The van der Waals surface area contributed by atoms with Gasteiger partial charge in [0.1, 0.15) is 11.5 Å². The molecular weight excluding hydrogens is 462 g/mol. The van der Waals surface area contributed by atoms with Gasteiger partial charge in [0.2, 0.25) is 5.91 Å². The van der Waals surface area contributed by atoms with Gasteiger partial charge in [-0.25, -0.2) is 0 Å². The van der Waals surface area contributed by atoms with Gasteiger partial charge in [0, 0.05) is 23.3 Å². The van der Waals surface area contributed by atoms with E-state index in [1.807, 2.05) is 67.6 Å². The predicted octanol–water partition coefficient (Wildman–Crippen LogP) is 5.41. The number of anilines is 1. The number of hydrogen-bond donors (Lipinski definition) is 2. The number of nitrogens with one attached hydrogen (secondary N) is 2. The molecule has 0 saturated heterocycles. The largest absolute Gasteiger partial charge is 0.493 e. The van der Waals surface area contributed by atoms with Gasteiger partial charge in [-0.2, -0.15) is 0 Å². The first-order chi connectivity index (χ1) is 16.9. The molecule has 7 nitrogen and oxygen atoms in total. The predicted molar refractivity (Wildman–Crippen MR) is 141 cm³/mol. The molecule has 1 aromatic heterocycles. The summed E-state index contributed by atoms with van der Waals surface area (Å²) >= 11 is 5.28. The number of carbonyl (C=O) groups is 1. The van der Waals surface area contributed by atoms with Gasteiger partial charge in [0.05, 0.1) is 26.2 Å². The summed E-state index contributed by atoms with van der Waals surface area (Å²) in [4.78, 5) is 16.7. The number of benzene rings is 3. The van der Waals surface area contributed by atoms with Gasteiger partial charge >= 0.3 is 0 Å². The van der Waals surface area contributed by atoms with Gasteiger partial charge in [-0.05, 0) is 61.1 Å². The number of rotatable bonds is 7. The Morgan fingerprint density at radius 2 is 1.60 bits per heavy atom. The molecule has 4 aromatic rings. The van der Waals surface area contributed by atoms with Crippen LogP contribution in [0.1, 0.15) is 11.1 Å². The number of thiocarbonyl (C=S) groups is 1. The maximum absolute atomic E-state index is 12.3. The molecule has 0 fully saturated rings. The lowest BCUT2D eigenvalue weighted by Crippen LogP contribution is -2.35. The van der Waals surface area contributed by atoms with Gasteiger partial charge in [0.15, 0.2) is 16.6 Å². The number of amides is 1. The van der Waals surface area contributed by atoms with Gasteiger partial charge in [0.25, 0.3) is 0 Å². The first-order valence-corrected chi connectivity index (χ1v) is 11.3. The zero-order valence-corrected chi connectivity index (χ0v) is 20.4. The third-order valence-electron chi connectivity index (χ3n) is 5.29. The van der Waals surface area contributed by atoms with Crippen LogP contribution >= 0.6 is 12.2 Å². The van der Waals surface area contributed by atoms with E-state index in [0.29, 0.717) is 23.0 Å². The third kappa shape index (κ3) is 6.04. The van der Waals surface area contributed by atoms with Crippen molar-refractivity contribution in [1.82, 2.24) is 10.3 Å². The normalized spacial score (nSPS) is 10.5. The van der Waals surface area contributed by atoms with Crippen molar-refractivity contribution in [3.63, 3.8) is 0 Å². The minimum absolute atomic E-state index is 0.178. The zero-order chi connectivity index (χ0) is 24.8. The van der Waals surface area contributed by atoms with Crippen LogP contribution in [0.5, 0.6) is 23.0 Å². The van der Waals surface area contributed by atoms with E-state index in [2.05, 4.69) is 15.6 Å². The van der Waals surface area contributed by atoms with Crippen molar-refractivity contribution in [3.05, 3.63) is 84.1 Å². The van der Waals surface area contributed by atoms with Crippen LogP contribution in [0.2, 0.25) is 0 Å². The molecule has 1 amide bonds. The Balaban J connectivity index is 1.39. The summed E-state index contributed by atoms with van der Waals surface area (Å²) in [5.74, 6) is 2.28. The van der Waals surface area contributed by atoms with E-state index < -0.39 is 0 Å². The second-order valence-corrected chi connectivity index (χ2v) is 8.23. The maximum Gasteiger partial charge on any atom is 0.230 e. The molecule has 2 N–H and O–H groups in total. The van der Waals surface area contributed by atoms with Crippen LogP contribution in [0.4, 0.5) is 5.69 Å². The summed E-state index contributed by atoms with van der Waals surface area (Å²) in [5.41, 5.74) is 3.53. The molecule has 4 rings (SSSR count). The monoisotopic (exact) mass is 487 g/mol. The van der Waals surface area contributed by atoms with Crippen LogP contribution in [-0.2, 0) is 11.2 Å². The van der Waals surface area contributed by atoms with Crippen LogP contribution in [-0.4, -0.2) is 30.2 Å². The van der Waals surface area contributed by atoms with Crippen molar-refractivity contribution >= 4 is 39.8 Å². The molecule has 8 heteroatoms. The Kier molecular flexibility index (Phi) is 7.42. The minimum Gasteiger partial charge on any atom is -0.493 e. The molecule has 0 saturated carbocycles. The van der Waals surface area contributed by atoms with Crippen LogP contribution < -0.4 is 24.8 Å². The molecule has 3 aromatic carbocycles. The lowest BCUT2D eigenvalue weighted by atomic mass is 10.1. The molecule has 1 heterocycles. The molecule has 0 aliphatic rings. The Labute approximate surface area is 209 Å². The molecule has 0 unspecified atom stereocenters. The molecule has 0 aliphatic carbocycles. The standard InChI is InChI=1S/C27H25N3O4S/c1-17-4-6-18(7-5-17)14-26(31)30-27(35)29-19-8-10-20(11-9-19)34-23-12-13-28-22-16-25(33-3)24(32-2)15-21(22)23/h4-13,15-16H,14H2,1-3H3,(H2,29,30,31,35). The fourth-order valence-electron chi connectivity index (χ4n) is 3.49. The molecule has 0 radical (unpaired) electrons. The van der Waals surface area contributed by atoms with E-state index >= 15 is 0 Å². The van der Waals surface area contributed by atoms with Crippen LogP contribution in [0, 0.1) is 6.92 Å². The summed E-state index contributed by atoms with van der Waals surface area (Å²) in [6, 6.07) is 20.5. The molecule has 0 spiro atoms. The summed E-state index contributed by atoms with van der Waals surface area (Å²) < 4.78 is 16.9. The van der Waals surface area contributed by atoms with E-state index in [-0.39, 0.29) is 17.4 Å². The minimum atomic E-state index is -0.178. The molecular formula is C27H25N3O4S. The van der Waals surface area contributed by atoms with Gasteiger partial charge in [-0.15, -0.1) is 0 Å². The third-order valence-corrected chi connectivity index (χ3v) is 5.49. The maximum atomic E-state index is 12.3. The van der Waals surface area contributed by atoms with Crippen LogP contribution in [0.25, 0.3) is 10.9 Å². The SMILES string of the molecule is COc1cc2nccc(Oc3ccc(NC(=S)NC(=O)Cc4ccc(C)cc4)cc3)c2cc1OC. The van der Waals surface area contributed by atoms with Crippen molar-refractivity contribution in [1.29, 1.82) is 0 Å². The van der Waals surface area contributed by atoms with Crippen LogP contribution in [0.3, 0.4) is 0 Å². The Morgan fingerprint density at radius 1 is 0.914 bits per heavy atom. The van der Waals surface area contributed by atoms with E-state index in [4.69, 9.17) is 26.4 Å². The van der Waals surface area contributed by atoms with Gasteiger partial charge in [-0.1, -0.05) is 29.8 Å². The number of carbonyl (C=O) groups excluding carboxylic acids is 1. The smallest absolute Gasteiger partial charge is 0.230 e. The van der Waals surface area contributed by atoms with E-state index in [9.17, 15) is 4.79 Å². The first kappa shape index (κ1) is 24.0. The average Bonchev–Trinajstić information content (AvgIpc) is 2.85. The first-order valence-electron chi connectivity index (χ1n) is 10.9. The second-order valence-electron chi connectivity index (χ2n) is 7.82. The van der Waals surface area contributed by atoms with Crippen molar-refractivity contribution in [2.24, 2.45) is 0 Å². The molecule has 0 aliphatic heterocycles. The fraction of sp³-hybridized carbons (Fsp3) is 0.148. The number of methoxy groups -OCH3 is 2. The number of aromatic nitrogens is 1. The zero-order valence-electron chi connectivity index (χ0n) is 19.6. The van der Waals surface area contributed by atoms with Crippen molar-refractivity contribution in [2.45, 2.75) is 13.3 Å². The quantitative estimate of drug-likeness (QED) is 0.337. The topological polar surface area (TPSA) is 81.7 Å². The van der Waals surface area contributed by atoms with Crippen molar-refractivity contribution < 1.29 is 19.0 Å². The number of fused-ring (bicyclic) bond motifs is 1. The average molecular weight is 488 g/mol. The number of nitrogens with zero attached hydrogens (tertiary/aromatic N) is 1. The van der Waals surface area contributed by atoms with Crippen molar-refractivity contribution in [3.8, 4) is 23.0 Å². The molecule has 0 atom stereocenters. The van der Waals surface area contributed by atoms with Gasteiger partial charge < -0.3 is 24.8 Å². The number of hydrogen-bond acceptors (Lipinski definition) is 6. The Morgan fingerprint density at radius 3 is 2.29 bits per heavy atom. The highest BCUT2D eigenvalue weighted by Crippen LogP contribution is 2.36. The van der Waals surface area contributed by atoms with Crippen LogP contribution in [0.15, 0.2) is 72.9 Å². The number of pyridine rings is 1. The van der Waals surface area contributed by atoms with Crippen molar-refractivity contribution in [2.75, 3.05) is 19.5 Å². The molecule has 0 bridgehead atoms. The lowest BCUT2D eigenvalue weighted by Gasteiger charge is -2.13. The highest BCUT2D eigenvalue weighted by Gasteiger charge is 2.12. The highest BCUT2D eigenvalue weighted by molar-refractivity contribution is 7.80. The second kappa shape index (κ2) is 10.8. The Bertz CT molecular complexity index is 1360. The summed E-state index contributed by atoms with van der Waals surface area (Å²) in [5, 5.41) is 6.76. The molecule has 35 heavy (non-hydrogen) atoms. The van der Waals surface area contributed by atoms with Gasteiger partial charge in [-0.3, -0.25) is 9.78 Å². The number of ether oxygens (including phenoxy) is 3. The summed E-state index contributed by atoms with van der Waals surface area (Å²) in [6.07, 6.45) is 1.93. The lowest BCUT2D eigenvalue weighted by molar-refractivity contribution is -0.119. The van der Waals surface area contributed by atoms with E-state index in [1.165, 1.54) is 0 Å². The van der Waals surface area contributed by atoms with E-state index in [1.54, 1.807) is 26.5 Å². The number of aryl methyl sites for hydroxylation is 1.